The minimum atomic E-state index is 0.199. The molecule has 1 fully saturated rings. The Bertz CT molecular complexity index is 582. The predicted octanol–water partition coefficient (Wildman–Crippen LogP) is 3.22. The highest BCUT2D eigenvalue weighted by molar-refractivity contribution is 6.32. The first kappa shape index (κ1) is 17.3. The zero-order chi connectivity index (χ0) is 16.8. The van der Waals surface area contributed by atoms with Gasteiger partial charge in [0.05, 0.1) is 5.02 Å². The van der Waals surface area contributed by atoms with Crippen LogP contribution in [0.2, 0.25) is 5.02 Å². The maximum atomic E-state index is 12.5. The number of rotatable bonds is 5. The summed E-state index contributed by atoms with van der Waals surface area (Å²) in [5.41, 5.74) is 0. The van der Waals surface area contributed by atoms with Crippen molar-refractivity contribution in [3.05, 3.63) is 41.4 Å². The number of carbonyl (C=O) groups is 1. The van der Waals surface area contributed by atoms with E-state index in [9.17, 15) is 4.79 Å². The van der Waals surface area contributed by atoms with Gasteiger partial charge in [0.1, 0.15) is 12.4 Å². The van der Waals surface area contributed by atoms with Gasteiger partial charge in [-0.15, -0.1) is 0 Å². The van der Waals surface area contributed by atoms with E-state index in [1.807, 2.05) is 29.2 Å². The lowest BCUT2D eigenvalue weighted by Crippen LogP contribution is -2.51. The van der Waals surface area contributed by atoms with Gasteiger partial charge in [0.15, 0.2) is 0 Å². The van der Waals surface area contributed by atoms with Crippen LogP contribution in [0.25, 0.3) is 0 Å². The predicted molar refractivity (Wildman–Crippen MR) is 96.4 cm³/mol. The molecule has 0 N–H and O–H groups in total. The van der Waals surface area contributed by atoms with Gasteiger partial charge in [-0.2, -0.15) is 0 Å². The molecule has 1 unspecified atom stereocenters. The van der Waals surface area contributed by atoms with E-state index < -0.39 is 0 Å². The fraction of sp³-hybridized carbons (Fsp3) is 0.526. The number of halogens is 1. The molecular formula is C19H25ClN2O2. The summed E-state index contributed by atoms with van der Waals surface area (Å²) in [6.07, 6.45) is 7.27. The lowest BCUT2D eigenvalue weighted by Gasteiger charge is -2.36. The van der Waals surface area contributed by atoms with Crippen molar-refractivity contribution in [2.24, 2.45) is 5.92 Å². The van der Waals surface area contributed by atoms with Crippen molar-refractivity contribution >= 4 is 17.5 Å². The van der Waals surface area contributed by atoms with Gasteiger partial charge in [0.2, 0.25) is 5.91 Å². The lowest BCUT2D eigenvalue weighted by molar-refractivity contribution is -0.137. The first-order valence-corrected chi connectivity index (χ1v) is 9.15. The van der Waals surface area contributed by atoms with E-state index in [-0.39, 0.29) is 5.92 Å². The molecule has 1 heterocycles. The Labute approximate surface area is 149 Å². The summed E-state index contributed by atoms with van der Waals surface area (Å²) in [6.45, 7) is 4.96. The van der Waals surface area contributed by atoms with Crippen LogP contribution in [-0.4, -0.2) is 55.0 Å². The molecule has 1 aromatic carbocycles. The van der Waals surface area contributed by atoms with Crippen molar-refractivity contribution in [1.29, 1.82) is 0 Å². The van der Waals surface area contributed by atoms with Gasteiger partial charge in [0.25, 0.3) is 0 Å². The van der Waals surface area contributed by atoms with E-state index >= 15 is 0 Å². The third-order valence-electron chi connectivity index (χ3n) is 4.80. The van der Waals surface area contributed by atoms with Crippen LogP contribution >= 0.6 is 11.6 Å². The fourth-order valence-electron chi connectivity index (χ4n) is 3.31. The quantitative estimate of drug-likeness (QED) is 0.766. The molecule has 24 heavy (non-hydrogen) atoms. The van der Waals surface area contributed by atoms with Gasteiger partial charge in [-0.1, -0.05) is 35.9 Å². The third kappa shape index (κ3) is 4.52. The van der Waals surface area contributed by atoms with Crippen LogP contribution < -0.4 is 4.74 Å². The first-order chi connectivity index (χ1) is 11.7. The number of hydrogen-bond donors (Lipinski definition) is 0. The van der Waals surface area contributed by atoms with Gasteiger partial charge >= 0.3 is 0 Å². The molecule has 0 radical (unpaired) electrons. The van der Waals surface area contributed by atoms with E-state index in [4.69, 9.17) is 16.3 Å². The number of nitrogens with zero attached hydrogens (tertiary/aromatic N) is 2. The lowest BCUT2D eigenvalue weighted by atomic mass is 9.93. The highest BCUT2D eigenvalue weighted by Gasteiger charge is 2.27. The number of allylic oxidation sites excluding steroid dienone is 2. The van der Waals surface area contributed by atoms with Crippen molar-refractivity contribution in [3.63, 3.8) is 0 Å². The number of ether oxygens (including phenoxy) is 1. The number of carbonyl (C=O) groups excluding carboxylic acids is 1. The van der Waals surface area contributed by atoms with E-state index in [1.165, 1.54) is 0 Å². The van der Waals surface area contributed by atoms with E-state index in [1.54, 1.807) is 0 Å². The monoisotopic (exact) mass is 348 g/mol. The molecule has 2 aliphatic rings. The molecule has 1 saturated heterocycles. The minimum Gasteiger partial charge on any atom is -0.491 e. The Hall–Kier alpha value is -1.52. The fourth-order valence-corrected chi connectivity index (χ4v) is 3.50. The first-order valence-electron chi connectivity index (χ1n) is 8.77. The van der Waals surface area contributed by atoms with Crippen LogP contribution in [0.5, 0.6) is 5.75 Å². The van der Waals surface area contributed by atoms with Gasteiger partial charge in [0, 0.05) is 38.6 Å². The Kier molecular flexibility index (Phi) is 6.16. The van der Waals surface area contributed by atoms with E-state index in [0.29, 0.717) is 17.5 Å². The molecular weight excluding hydrogens is 324 g/mol. The molecule has 0 bridgehead atoms. The topological polar surface area (TPSA) is 32.8 Å². The zero-order valence-electron chi connectivity index (χ0n) is 14.0. The van der Waals surface area contributed by atoms with Crippen LogP contribution in [0.15, 0.2) is 36.4 Å². The molecule has 130 valence electrons. The van der Waals surface area contributed by atoms with Gasteiger partial charge < -0.3 is 9.64 Å². The van der Waals surface area contributed by atoms with Crippen molar-refractivity contribution in [3.8, 4) is 5.75 Å². The number of benzene rings is 1. The molecule has 0 spiro atoms. The summed E-state index contributed by atoms with van der Waals surface area (Å²) >= 11 is 6.09. The van der Waals surface area contributed by atoms with Crippen LogP contribution in [0, 0.1) is 5.92 Å². The standard InChI is InChI=1S/C19H25ClN2O2/c20-17-8-4-5-9-18(17)24-15-14-21-10-12-22(13-11-21)19(23)16-6-2-1-3-7-16/h1-2,4-5,8-9,16H,3,6-7,10-15H2. The van der Waals surface area contributed by atoms with Crippen LogP contribution in [0.3, 0.4) is 0 Å². The number of amides is 1. The van der Waals surface area contributed by atoms with Gasteiger partial charge in [-0.05, 0) is 31.4 Å². The maximum absolute atomic E-state index is 12.5. The minimum absolute atomic E-state index is 0.199. The summed E-state index contributed by atoms with van der Waals surface area (Å²) in [5, 5.41) is 0.648. The molecule has 1 aliphatic carbocycles. The Balaban J connectivity index is 1.38. The molecule has 0 saturated carbocycles. The molecule has 1 atom stereocenters. The molecule has 5 heteroatoms. The second-order valence-corrected chi connectivity index (χ2v) is 6.83. The van der Waals surface area contributed by atoms with E-state index in [2.05, 4.69) is 17.1 Å². The van der Waals surface area contributed by atoms with Crippen molar-refractivity contribution in [1.82, 2.24) is 9.80 Å². The van der Waals surface area contributed by atoms with Crippen molar-refractivity contribution in [2.45, 2.75) is 19.3 Å². The molecule has 1 amide bonds. The summed E-state index contributed by atoms with van der Waals surface area (Å²) in [5.74, 6) is 1.27. The largest absolute Gasteiger partial charge is 0.491 e. The van der Waals surface area contributed by atoms with Gasteiger partial charge in [-0.3, -0.25) is 9.69 Å². The number of piperazine rings is 1. The third-order valence-corrected chi connectivity index (χ3v) is 5.12. The SMILES string of the molecule is O=C(C1CC=CCC1)N1CCN(CCOc2ccccc2Cl)CC1. The van der Waals surface area contributed by atoms with Crippen LogP contribution in [-0.2, 0) is 4.79 Å². The zero-order valence-corrected chi connectivity index (χ0v) is 14.8. The molecule has 4 nitrogen and oxygen atoms in total. The Morgan fingerprint density at radius 2 is 1.96 bits per heavy atom. The molecule has 1 aromatic rings. The van der Waals surface area contributed by atoms with Crippen LogP contribution in [0.1, 0.15) is 19.3 Å². The summed E-state index contributed by atoms with van der Waals surface area (Å²) in [6, 6.07) is 7.54. The maximum Gasteiger partial charge on any atom is 0.226 e. The van der Waals surface area contributed by atoms with Gasteiger partial charge in [-0.25, -0.2) is 0 Å². The smallest absolute Gasteiger partial charge is 0.226 e. The molecule has 0 aromatic heterocycles. The summed E-state index contributed by atoms with van der Waals surface area (Å²) in [4.78, 5) is 16.9. The Morgan fingerprint density at radius 1 is 1.17 bits per heavy atom. The summed E-state index contributed by atoms with van der Waals surface area (Å²) in [7, 11) is 0. The highest BCUT2D eigenvalue weighted by Crippen LogP contribution is 2.23. The number of hydrogen-bond acceptors (Lipinski definition) is 3. The number of para-hydroxylation sites is 1. The summed E-state index contributed by atoms with van der Waals surface area (Å²) < 4.78 is 5.75. The van der Waals surface area contributed by atoms with Crippen molar-refractivity contribution in [2.75, 3.05) is 39.3 Å². The Morgan fingerprint density at radius 3 is 2.67 bits per heavy atom. The molecule has 1 aliphatic heterocycles. The normalized spacial score (nSPS) is 21.7. The molecule has 3 rings (SSSR count). The second-order valence-electron chi connectivity index (χ2n) is 6.43. The second kappa shape index (κ2) is 8.54. The van der Waals surface area contributed by atoms with Crippen molar-refractivity contribution < 1.29 is 9.53 Å². The average Bonchev–Trinajstić information content (AvgIpc) is 2.64. The highest BCUT2D eigenvalue weighted by atomic mass is 35.5. The van der Waals surface area contributed by atoms with Crippen LogP contribution in [0.4, 0.5) is 0 Å². The average molecular weight is 349 g/mol. The van der Waals surface area contributed by atoms with E-state index in [0.717, 1.165) is 57.7 Å².